The van der Waals surface area contributed by atoms with E-state index in [1.54, 1.807) is 6.92 Å². The van der Waals surface area contributed by atoms with Gasteiger partial charge in [-0.2, -0.15) is 11.8 Å². The molecule has 1 atom stereocenters. The second kappa shape index (κ2) is 11.0. The second-order valence-corrected chi connectivity index (χ2v) is 5.48. The van der Waals surface area contributed by atoms with Crippen molar-refractivity contribution < 1.29 is 24.2 Å². The van der Waals surface area contributed by atoms with Crippen LogP contribution < -0.4 is 11.5 Å². The number of halogens is 1. The van der Waals surface area contributed by atoms with Gasteiger partial charge in [0.25, 0.3) is 0 Å². The van der Waals surface area contributed by atoms with Crippen LogP contribution in [0.5, 0.6) is 0 Å². The first kappa shape index (κ1) is 22.7. The third kappa shape index (κ3) is 11.1. The summed E-state index contributed by atoms with van der Waals surface area (Å²) in [5.74, 6) is -2.01. The van der Waals surface area contributed by atoms with Gasteiger partial charge in [-0.25, -0.2) is 14.4 Å². The predicted molar refractivity (Wildman–Crippen MR) is 87.2 cm³/mol. The molecule has 0 bridgehead atoms. The Morgan fingerprint density at radius 2 is 1.95 bits per heavy atom. The maximum atomic E-state index is 11.7. The lowest BCUT2D eigenvalue weighted by atomic mass is 10.1. The summed E-state index contributed by atoms with van der Waals surface area (Å²) in [6.07, 6.45) is 1.22. The molecule has 0 amide bonds. The van der Waals surface area contributed by atoms with Crippen LogP contribution in [0.25, 0.3) is 0 Å². The van der Waals surface area contributed by atoms with Gasteiger partial charge in [-0.15, -0.1) is 12.4 Å². The highest BCUT2D eigenvalue weighted by Crippen LogP contribution is 2.12. The van der Waals surface area contributed by atoms with Crippen LogP contribution in [-0.2, 0) is 19.1 Å². The molecule has 0 fully saturated rings. The van der Waals surface area contributed by atoms with Gasteiger partial charge in [-0.3, -0.25) is 4.99 Å². The fourth-order valence-corrected chi connectivity index (χ4v) is 1.92. The number of thioether (sulfide) groups is 1. The summed E-state index contributed by atoms with van der Waals surface area (Å²) in [6.45, 7) is 3.59. The number of esters is 2. The molecule has 8 nitrogen and oxygen atoms in total. The summed E-state index contributed by atoms with van der Waals surface area (Å²) < 4.78 is 4.45. The number of nitrogens with zero attached hydrogens (tertiary/aromatic N) is 1. The molecule has 0 aliphatic carbocycles. The summed E-state index contributed by atoms with van der Waals surface area (Å²) in [5, 5.41) is 8.33. The molecule has 0 aromatic carbocycles. The van der Waals surface area contributed by atoms with Crippen molar-refractivity contribution in [1.82, 2.24) is 0 Å². The molecule has 0 unspecified atom stereocenters. The van der Waals surface area contributed by atoms with E-state index in [1.165, 1.54) is 18.7 Å². The lowest BCUT2D eigenvalue weighted by Crippen LogP contribution is -2.49. The highest BCUT2D eigenvalue weighted by molar-refractivity contribution is 7.99. The molecule has 0 aromatic heterocycles. The molecule has 0 spiro atoms. The van der Waals surface area contributed by atoms with E-state index in [4.69, 9.17) is 16.6 Å². The van der Waals surface area contributed by atoms with Crippen molar-refractivity contribution in [3.8, 4) is 0 Å². The first-order valence-electron chi connectivity index (χ1n) is 5.95. The Kier molecular flexibility index (Phi) is 11.4. The normalized spacial score (nSPS) is 14.0. The first-order chi connectivity index (χ1) is 9.65. The molecule has 126 valence electrons. The minimum atomic E-state index is -1.36. The second-order valence-electron chi connectivity index (χ2n) is 4.37. The van der Waals surface area contributed by atoms with Gasteiger partial charge in [0, 0.05) is 30.2 Å². The van der Waals surface area contributed by atoms with Crippen molar-refractivity contribution in [3.05, 3.63) is 12.2 Å². The number of hydrogen-bond donors (Lipinski definition) is 3. The highest BCUT2D eigenvalue weighted by atomic mass is 35.5. The monoisotopic (exact) mass is 353 g/mol. The molecule has 0 aromatic rings. The van der Waals surface area contributed by atoms with Crippen molar-refractivity contribution in [2.75, 3.05) is 18.1 Å². The number of nitrogens with two attached hydrogens (primary N) is 2. The maximum Gasteiger partial charge on any atom is 0.338 e. The van der Waals surface area contributed by atoms with E-state index in [9.17, 15) is 14.4 Å². The van der Waals surface area contributed by atoms with E-state index in [0.29, 0.717) is 30.3 Å². The van der Waals surface area contributed by atoms with E-state index < -0.39 is 23.4 Å². The van der Waals surface area contributed by atoms with Crippen molar-refractivity contribution in [3.63, 3.8) is 0 Å². The van der Waals surface area contributed by atoms with Gasteiger partial charge >= 0.3 is 17.9 Å². The number of aliphatic imine (C=N–C) groups is 1. The fourth-order valence-electron chi connectivity index (χ4n) is 1.01. The number of carbonyl (C=O) groups excluding carboxylic acids is 2. The van der Waals surface area contributed by atoms with Gasteiger partial charge in [0.15, 0.2) is 0 Å². The number of carboxylic acid groups (broad SMARTS) is 1. The Balaban J connectivity index is 0. The number of rotatable bonds is 8. The predicted octanol–water partition coefficient (Wildman–Crippen LogP) is -0.0535. The van der Waals surface area contributed by atoms with Crippen LogP contribution in [0.15, 0.2) is 17.1 Å². The van der Waals surface area contributed by atoms with Gasteiger partial charge in [-0.1, -0.05) is 0 Å². The molecule has 10 heteroatoms. The van der Waals surface area contributed by atoms with Crippen LogP contribution >= 0.6 is 24.2 Å². The number of aliphatic carboxylic acids is 1. The maximum absolute atomic E-state index is 11.7. The molecule has 22 heavy (non-hydrogen) atoms. The van der Waals surface area contributed by atoms with Gasteiger partial charge in [-0.05, 0) is 13.8 Å². The fraction of sp³-hybridized carbons (Fsp3) is 0.500. The summed E-state index contributed by atoms with van der Waals surface area (Å²) in [4.78, 5) is 37.0. The Morgan fingerprint density at radius 1 is 1.36 bits per heavy atom. The van der Waals surface area contributed by atoms with Gasteiger partial charge < -0.3 is 21.3 Å². The molecule has 0 saturated carbocycles. The molecular formula is C12H20ClN3O5S. The van der Waals surface area contributed by atoms with Gasteiger partial charge in [0.2, 0.25) is 0 Å². The van der Waals surface area contributed by atoms with Crippen LogP contribution in [0.4, 0.5) is 0 Å². The Morgan fingerprint density at radius 3 is 2.45 bits per heavy atom. The van der Waals surface area contributed by atoms with E-state index in [2.05, 4.69) is 9.73 Å². The summed E-state index contributed by atoms with van der Waals surface area (Å²) >= 11 is 1.36. The zero-order chi connectivity index (χ0) is 16.5. The van der Waals surface area contributed by atoms with E-state index in [1.807, 2.05) is 0 Å². The van der Waals surface area contributed by atoms with Crippen LogP contribution in [0.3, 0.4) is 0 Å². The topological polar surface area (TPSA) is 145 Å². The third-order valence-corrected chi connectivity index (χ3v) is 3.30. The van der Waals surface area contributed by atoms with Crippen LogP contribution in [0.2, 0.25) is 0 Å². The molecule has 0 heterocycles. The molecule has 0 saturated heterocycles. The third-order valence-electron chi connectivity index (χ3n) is 2.02. The minimum absolute atomic E-state index is 0. The lowest BCUT2D eigenvalue weighted by Gasteiger charge is -2.20. The van der Waals surface area contributed by atoms with E-state index >= 15 is 0 Å². The molecule has 0 rings (SSSR count). The molecule has 0 aliphatic rings. The first-order valence-corrected chi connectivity index (χ1v) is 7.11. The quantitative estimate of drug-likeness (QED) is 0.137. The smallest absolute Gasteiger partial charge is 0.338 e. The minimum Gasteiger partial charge on any atom is -0.478 e. The lowest BCUT2D eigenvalue weighted by molar-refractivity contribution is -0.159. The molecular weight excluding hydrogens is 334 g/mol. The summed E-state index contributed by atoms with van der Waals surface area (Å²) in [5.41, 5.74) is 9.77. The average molecular weight is 354 g/mol. The summed E-state index contributed by atoms with van der Waals surface area (Å²) in [7, 11) is 0. The van der Waals surface area contributed by atoms with E-state index in [-0.39, 0.29) is 18.2 Å². The molecule has 5 N–H and O–H groups in total. The average Bonchev–Trinajstić information content (AvgIpc) is 2.35. The highest BCUT2D eigenvalue weighted by Gasteiger charge is 2.31. The van der Waals surface area contributed by atoms with Crippen LogP contribution in [0, 0.1) is 0 Å². The van der Waals surface area contributed by atoms with Crippen LogP contribution in [-0.4, -0.2) is 52.4 Å². The number of amidine groups is 1. The zero-order valence-electron chi connectivity index (χ0n) is 12.3. The van der Waals surface area contributed by atoms with Gasteiger partial charge in [0.05, 0.1) is 5.84 Å². The number of ether oxygens (including phenoxy) is 1. The number of hydrogen-bond acceptors (Lipinski definition) is 7. The SMILES string of the molecule is CC(N)=NCCSC[C@](C)(N)C(=O)OC(=O)/C=C\C(=O)O.Cl. The number of carboxylic acids is 1. The van der Waals surface area contributed by atoms with Crippen LogP contribution in [0.1, 0.15) is 13.8 Å². The Labute approximate surface area is 138 Å². The Hall–Kier alpha value is -1.58. The zero-order valence-corrected chi connectivity index (χ0v) is 13.9. The molecule has 0 radical (unpaired) electrons. The van der Waals surface area contributed by atoms with E-state index in [0.717, 1.165) is 0 Å². The van der Waals surface area contributed by atoms with Crippen molar-refractivity contribution in [1.29, 1.82) is 0 Å². The van der Waals surface area contributed by atoms with Crippen molar-refractivity contribution >= 4 is 47.9 Å². The Bertz CT molecular complexity index is 462. The largest absolute Gasteiger partial charge is 0.478 e. The molecule has 0 aliphatic heterocycles. The standard InChI is InChI=1S/C12H19N3O5S.ClH/c1-8(13)15-5-6-21-7-12(2,14)11(19)20-10(18)4-3-9(16)17;/h3-4H,5-7,14H2,1-2H3,(H2,13,15)(H,16,17);1H/b4-3-;/t12-;/m0./s1. The van der Waals surface area contributed by atoms with Crippen molar-refractivity contribution in [2.24, 2.45) is 16.5 Å². The van der Waals surface area contributed by atoms with Crippen molar-refractivity contribution in [2.45, 2.75) is 19.4 Å². The number of carbonyl (C=O) groups is 3. The summed E-state index contributed by atoms with van der Waals surface area (Å²) in [6, 6.07) is 0. The van der Waals surface area contributed by atoms with Gasteiger partial charge in [0.1, 0.15) is 5.54 Å².